The van der Waals surface area contributed by atoms with Gasteiger partial charge in [-0.25, -0.2) is 0 Å². The van der Waals surface area contributed by atoms with Crippen LogP contribution in [0.3, 0.4) is 0 Å². The first-order chi connectivity index (χ1) is 7.63. The van der Waals surface area contributed by atoms with Crippen LogP contribution in [0, 0.1) is 5.92 Å². The number of carbonyl (C=O) groups is 1. The van der Waals surface area contributed by atoms with E-state index in [0.717, 1.165) is 19.7 Å². The zero-order valence-electron chi connectivity index (χ0n) is 10.3. The summed E-state index contributed by atoms with van der Waals surface area (Å²) in [7, 11) is 4.03. The molecule has 1 aliphatic rings. The number of rotatable bonds is 7. The molecule has 0 aromatic carbocycles. The number of hydrogen-bond acceptors (Lipinski definition) is 4. The first-order valence-electron chi connectivity index (χ1n) is 5.83. The van der Waals surface area contributed by atoms with Crippen LogP contribution in [0.1, 0.15) is 6.42 Å². The molecule has 0 saturated carbocycles. The van der Waals surface area contributed by atoms with Crippen LogP contribution in [0.4, 0.5) is 0 Å². The van der Waals surface area contributed by atoms with Crippen molar-refractivity contribution in [1.82, 2.24) is 9.80 Å². The van der Waals surface area contributed by atoms with Crippen LogP contribution in [-0.4, -0.2) is 69.2 Å². The summed E-state index contributed by atoms with van der Waals surface area (Å²) in [4.78, 5) is 15.5. The van der Waals surface area contributed by atoms with E-state index in [1.807, 2.05) is 19.0 Å². The van der Waals surface area contributed by atoms with Crippen molar-refractivity contribution < 1.29 is 9.53 Å². The molecular formula is C11H23N3O2. The van der Waals surface area contributed by atoms with Gasteiger partial charge in [0.1, 0.15) is 0 Å². The van der Waals surface area contributed by atoms with E-state index in [0.29, 0.717) is 32.0 Å². The normalized spacial score (nSPS) is 21.1. The van der Waals surface area contributed by atoms with Gasteiger partial charge in [-0.2, -0.15) is 0 Å². The molecule has 5 nitrogen and oxygen atoms in total. The number of carbonyl (C=O) groups excluding carboxylic acids is 1. The van der Waals surface area contributed by atoms with Crippen molar-refractivity contribution in [3.8, 4) is 0 Å². The number of ether oxygens (including phenoxy) is 1. The molecule has 0 aromatic rings. The number of nitrogens with zero attached hydrogens (tertiary/aromatic N) is 2. The molecule has 2 N–H and O–H groups in total. The quantitative estimate of drug-likeness (QED) is 0.591. The van der Waals surface area contributed by atoms with E-state index < -0.39 is 0 Å². The van der Waals surface area contributed by atoms with Crippen molar-refractivity contribution in [2.24, 2.45) is 11.7 Å². The molecule has 0 radical (unpaired) electrons. The minimum absolute atomic E-state index is 0.214. The summed E-state index contributed by atoms with van der Waals surface area (Å²) in [5, 5.41) is 0. The van der Waals surface area contributed by atoms with Crippen LogP contribution in [0.15, 0.2) is 0 Å². The molecule has 1 rings (SSSR count). The summed E-state index contributed by atoms with van der Waals surface area (Å²) in [5.41, 5.74) is 5.55. The summed E-state index contributed by atoms with van der Waals surface area (Å²) in [6.45, 7) is 4.35. The molecule has 1 fully saturated rings. The summed E-state index contributed by atoms with van der Waals surface area (Å²) in [6.07, 6.45) is 0.605. The van der Waals surface area contributed by atoms with Gasteiger partial charge >= 0.3 is 0 Å². The van der Waals surface area contributed by atoms with Crippen LogP contribution < -0.4 is 5.73 Å². The molecule has 1 amide bonds. The minimum atomic E-state index is 0.214. The predicted molar refractivity (Wildman–Crippen MR) is 63.1 cm³/mol. The predicted octanol–water partition coefficient (Wildman–Crippen LogP) is -0.628. The Morgan fingerprint density at radius 3 is 2.81 bits per heavy atom. The van der Waals surface area contributed by atoms with Crippen LogP contribution in [0.2, 0.25) is 0 Å². The molecule has 0 bridgehead atoms. The van der Waals surface area contributed by atoms with Gasteiger partial charge in [0.25, 0.3) is 0 Å². The highest BCUT2D eigenvalue weighted by Gasteiger charge is 2.27. The summed E-state index contributed by atoms with van der Waals surface area (Å²) in [6, 6.07) is 0. The molecule has 0 aliphatic carbocycles. The topological polar surface area (TPSA) is 58.8 Å². The molecule has 1 aliphatic heterocycles. The van der Waals surface area contributed by atoms with Crippen molar-refractivity contribution in [2.75, 3.05) is 53.5 Å². The fourth-order valence-electron chi connectivity index (χ4n) is 1.75. The maximum atomic E-state index is 11.5. The van der Waals surface area contributed by atoms with E-state index in [1.54, 1.807) is 0 Å². The summed E-state index contributed by atoms with van der Waals surface area (Å²) >= 11 is 0. The van der Waals surface area contributed by atoms with Gasteiger partial charge < -0.3 is 20.3 Å². The third-order valence-electron chi connectivity index (χ3n) is 2.82. The van der Waals surface area contributed by atoms with Gasteiger partial charge in [-0.1, -0.05) is 0 Å². The van der Waals surface area contributed by atoms with Crippen LogP contribution >= 0.6 is 0 Å². The molecule has 1 unspecified atom stereocenters. The van der Waals surface area contributed by atoms with Gasteiger partial charge in [-0.15, -0.1) is 0 Å². The zero-order valence-corrected chi connectivity index (χ0v) is 10.3. The van der Waals surface area contributed by atoms with Crippen molar-refractivity contribution in [3.63, 3.8) is 0 Å². The van der Waals surface area contributed by atoms with Crippen LogP contribution in [0.5, 0.6) is 0 Å². The second kappa shape index (κ2) is 6.83. The van der Waals surface area contributed by atoms with Gasteiger partial charge in [0.15, 0.2) is 0 Å². The zero-order chi connectivity index (χ0) is 12.0. The molecule has 1 saturated heterocycles. The first kappa shape index (κ1) is 13.4. The van der Waals surface area contributed by atoms with Gasteiger partial charge in [0.2, 0.25) is 5.91 Å². The first-order valence-corrected chi connectivity index (χ1v) is 5.83. The van der Waals surface area contributed by atoms with Crippen LogP contribution in [0.25, 0.3) is 0 Å². The van der Waals surface area contributed by atoms with Crippen LogP contribution in [-0.2, 0) is 9.53 Å². The van der Waals surface area contributed by atoms with E-state index in [9.17, 15) is 4.79 Å². The number of likely N-dealkylation sites (N-methyl/N-ethyl adjacent to an activating group) is 1. The van der Waals surface area contributed by atoms with Crippen molar-refractivity contribution >= 4 is 5.91 Å². The van der Waals surface area contributed by atoms with E-state index in [4.69, 9.17) is 10.5 Å². The van der Waals surface area contributed by atoms with E-state index in [1.165, 1.54) is 0 Å². The second-order valence-electron chi connectivity index (χ2n) is 4.56. The fourth-order valence-corrected chi connectivity index (χ4v) is 1.75. The highest BCUT2D eigenvalue weighted by atomic mass is 16.5. The minimum Gasteiger partial charge on any atom is -0.378 e. The van der Waals surface area contributed by atoms with Crippen molar-refractivity contribution in [2.45, 2.75) is 6.42 Å². The standard InChI is InChI=1S/C11H23N3O2/c1-13(2)3-5-16-6-4-14-9-10(8-12)7-11(14)15/h10H,3-9,12H2,1-2H3. The fraction of sp³-hybridized carbons (Fsp3) is 0.909. The lowest BCUT2D eigenvalue weighted by Crippen LogP contribution is -2.30. The van der Waals surface area contributed by atoms with E-state index in [-0.39, 0.29) is 5.91 Å². The Balaban J connectivity index is 2.07. The monoisotopic (exact) mass is 229 g/mol. The molecule has 5 heteroatoms. The molecule has 1 atom stereocenters. The maximum Gasteiger partial charge on any atom is 0.223 e. The average molecular weight is 229 g/mol. The Morgan fingerprint density at radius 2 is 2.25 bits per heavy atom. The lowest BCUT2D eigenvalue weighted by atomic mass is 10.1. The lowest BCUT2D eigenvalue weighted by Gasteiger charge is -2.17. The number of likely N-dealkylation sites (tertiary alicyclic amines) is 1. The van der Waals surface area contributed by atoms with Crippen molar-refractivity contribution in [1.29, 1.82) is 0 Å². The highest BCUT2D eigenvalue weighted by molar-refractivity contribution is 5.78. The van der Waals surface area contributed by atoms with E-state index >= 15 is 0 Å². The highest BCUT2D eigenvalue weighted by Crippen LogP contribution is 2.15. The molecule has 0 aromatic heterocycles. The second-order valence-corrected chi connectivity index (χ2v) is 4.56. The largest absolute Gasteiger partial charge is 0.378 e. The number of amides is 1. The van der Waals surface area contributed by atoms with Crippen molar-refractivity contribution in [3.05, 3.63) is 0 Å². The summed E-state index contributed by atoms with van der Waals surface area (Å²) < 4.78 is 5.46. The van der Waals surface area contributed by atoms with Gasteiger partial charge in [-0.05, 0) is 26.6 Å². The average Bonchev–Trinajstić information content (AvgIpc) is 2.59. The van der Waals surface area contributed by atoms with Gasteiger partial charge in [-0.3, -0.25) is 4.79 Å². The number of hydrogen-bond donors (Lipinski definition) is 1. The molecule has 16 heavy (non-hydrogen) atoms. The van der Waals surface area contributed by atoms with Gasteiger partial charge in [0.05, 0.1) is 13.2 Å². The molecule has 0 spiro atoms. The maximum absolute atomic E-state index is 11.5. The Morgan fingerprint density at radius 1 is 1.50 bits per heavy atom. The smallest absolute Gasteiger partial charge is 0.223 e. The Labute approximate surface area is 97.5 Å². The number of nitrogens with two attached hydrogens (primary N) is 1. The molecule has 1 heterocycles. The third kappa shape index (κ3) is 4.47. The van der Waals surface area contributed by atoms with E-state index in [2.05, 4.69) is 4.90 Å². The third-order valence-corrected chi connectivity index (χ3v) is 2.82. The summed E-state index contributed by atoms with van der Waals surface area (Å²) in [5.74, 6) is 0.556. The Hall–Kier alpha value is -0.650. The Kier molecular flexibility index (Phi) is 5.73. The molecular weight excluding hydrogens is 206 g/mol. The lowest BCUT2D eigenvalue weighted by molar-refractivity contribution is -0.128. The Bertz CT molecular complexity index is 221. The molecule has 94 valence electrons. The SMILES string of the molecule is CN(C)CCOCCN1CC(CN)CC1=O. The van der Waals surface area contributed by atoms with Gasteiger partial charge in [0, 0.05) is 26.1 Å².